The molecule has 8 heteroatoms. The summed E-state index contributed by atoms with van der Waals surface area (Å²) < 4.78 is 7.17. The average molecular weight is 429 g/mol. The van der Waals surface area contributed by atoms with E-state index in [4.69, 9.17) is 4.74 Å². The number of nitrogens with one attached hydrogen (secondary N) is 1. The summed E-state index contributed by atoms with van der Waals surface area (Å²) in [4.78, 5) is 18.1. The Morgan fingerprint density at radius 1 is 1.26 bits per heavy atom. The maximum Gasteiger partial charge on any atom is 0.271 e. The van der Waals surface area contributed by atoms with Crippen LogP contribution < -0.4 is 0 Å². The minimum atomic E-state index is 0.00271. The Kier molecular flexibility index (Phi) is 6.77. The van der Waals surface area contributed by atoms with Gasteiger partial charge in [-0.05, 0) is 64.6 Å². The second-order valence-corrected chi connectivity index (χ2v) is 9.08. The lowest BCUT2D eigenvalue weighted by molar-refractivity contribution is 0.0313. The predicted octanol–water partition coefficient (Wildman–Crippen LogP) is 2.78. The number of fused-ring (bicyclic) bond motifs is 1. The Bertz CT molecular complexity index is 902. The minimum absolute atomic E-state index is 0.00271. The molecule has 2 aromatic rings. The van der Waals surface area contributed by atoms with Gasteiger partial charge in [0.15, 0.2) is 0 Å². The molecule has 8 nitrogen and oxygen atoms in total. The highest BCUT2D eigenvalue weighted by molar-refractivity contribution is 5.93. The van der Waals surface area contributed by atoms with E-state index in [0.29, 0.717) is 30.8 Å². The van der Waals surface area contributed by atoms with Crippen molar-refractivity contribution in [2.75, 3.05) is 39.9 Å². The first-order chi connectivity index (χ1) is 15.0. The van der Waals surface area contributed by atoms with Crippen LogP contribution in [0.3, 0.4) is 0 Å². The van der Waals surface area contributed by atoms with E-state index < -0.39 is 0 Å². The normalized spacial score (nSPS) is 21.8. The molecule has 1 N–H and O–H groups in total. The first kappa shape index (κ1) is 22.0. The van der Waals surface area contributed by atoms with Crippen molar-refractivity contribution in [2.24, 2.45) is 13.0 Å². The van der Waals surface area contributed by atoms with Crippen molar-refractivity contribution >= 4 is 5.91 Å². The van der Waals surface area contributed by atoms with E-state index in [1.807, 2.05) is 36.5 Å². The number of piperidine rings is 2. The first-order valence-corrected chi connectivity index (χ1v) is 11.6. The predicted molar refractivity (Wildman–Crippen MR) is 120 cm³/mol. The van der Waals surface area contributed by atoms with Gasteiger partial charge in [-0.3, -0.25) is 14.6 Å². The molecule has 2 aliphatic rings. The minimum Gasteiger partial charge on any atom is -0.383 e. The lowest BCUT2D eigenvalue weighted by Gasteiger charge is -2.45. The summed E-state index contributed by atoms with van der Waals surface area (Å²) in [7, 11) is 3.62. The lowest BCUT2D eigenvalue weighted by Crippen LogP contribution is -2.52. The van der Waals surface area contributed by atoms with Gasteiger partial charge in [-0.25, -0.2) is 0 Å². The summed E-state index contributed by atoms with van der Waals surface area (Å²) >= 11 is 0. The Morgan fingerprint density at radius 2 is 2.06 bits per heavy atom. The van der Waals surface area contributed by atoms with Gasteiger partial charge < -0.3 is 14.5 Å². The third-order valence-electron chi connectivity index (χ3n) is 7.11. The summed E-state index contributed by atoms with van der Waals surface area (Å²) in [6.45, 7) is 8.33. The fraction of sp³-hybridized carbons (Fsp3) is 0.696. The SMILES string of the molecule is COCCN(C[C@@H]1CCCN2CCCC[C@H]12)C(=O)c1cc(-c2c(C)nn(C)c2C)n[nH]1. The van der Waals surface area contributed by atoms with Crippen LogP contribution in [0.1, 0.15) is 54.0 Å². The molecule has 0 aromatic carbocycles. The summed E-state index contributed by atoms with van der Waals surface area (Å²) in [5.74, 6) is 0.531. The van der Waals surface area contributed by atoms with Crippen LogP contribution in [0.4, 0.5) is 0 Å². The second kappa shape index (κ2) is 9.53. The fourth-order valence-electron chi connectivity index (χ4n) is 5.42. The quantitative estimate of drug-likeness (QED) is 0.734. The number of carbonyl (C=O) groups is 1. The molecule has 1 amide bonds. The van der Waals surface area contributed by atoms with Gasteiger partial charge in [0.2, 0.25) is 0 Å². The highest BCUT2D eigenvalue weighted by Gasteiger charge is 2.35. The molecule has 170 valence electrons. The van der Waals surface area contributed by atoms with E-state index >= 15 is 0 Å². The Morgan fingerprint density at radius 3 is 2.81 bits per heavy atom. The molecule has 31 heavy (non-hydrogen) atoms. The molecule has 0 bridgehead atoms. The Balaban J connectivity index is 1.52. The number of hydrogen-bond donors (Lipinski definition) is 1. The second-order valence-electron chi connectivity index (χ2n) is 9.08. The van der Waals surface area contributed by atoms with Gasteiger partial charge in [-0.15, -0.1) is 0 Å². The van der Waals surface area contributed by atoms with Gasteiger partial charge in [-0.1, -0.05) is 6.42 Å². The Hall–Kier alpha value is -2.19. The Labute approximate surface area is 184 Å². The maximum atomic E-state index is 13.5. The molecule has 0 unspecified atom stereocenters. The van der Waals surface area contributed by atoms with Crippen molar-refractivity contribution < 1.29 is 9.53 Å². The van der Waals surface area contributed by atoms with Crippen LogP contribution >= 0.6 is 0 Å². The molecule has 2 aliphatic heterocycles. The number of ether oxygens (including phenoxy) is 1. The third-order valence-corrected chi connectivity index (χ3v) is 7.11. The molecule has 0 spiro atoms. The molecule has 0 radical (unpaired) electrons. The van der Waals surface area contributed by atoms with Gasteiger partial charge >= 0.3 is 0 Å². The molecule has 0 aliphatic carbocycles. The van der Waals surface area contributed by atoms with E-state index in [1.54, 1.807) is 7.11 Å². The molecule has 2 aromatic heterocycles. The number of carbonyl (C=O) groups excluding carboxylic acids is 1. The van der Waals surface area contributed by atoms with Crippen molar-refractivity contribution in [2.45, 2.75) is 52.0 Å². The molecule has 4 heterocycles. The molecule has 2 atom stereocenters. The molecular formula is C23H36N6O2. The maximum absolute atomic E-state index is 13.5. The van der Waals surface area contributed by atoms with Crippen LogP contribution in [0.2, 0.25) is 0 Å². The standard InChI is InChI=1S/C23H36N6O2/c1-16-22(17(2)27(3)26-16)19-14-20(25-24-19)23(30)29(12-13-31-4)15-18-8-7-11-28-10-6-5-9-21(18)28/h14,18,21H,5-13,15H2,1-4H3,(H,24,25)/t18-,21+/m0/s1. The van der Waals surface area contributed by atoms with Crippen molar-refractivity contribution in [1.82, 2.24) is 29.8 Å². The van der Waals surface area contributed by atoms with Crippen LogP contribution in [-0.4, -0.2) is 81.6 Å². The largest absolute Gasteiger partial charge is 0.383 e. The van der Waals surface area contributed by atoms with Crippen LogP contribution in [-0.2, 0) is 11.8 Å². The number of H-pyrrole nitrogens is 1. The van der Waals surface area contributed by atoms with Gasteiger partial charge in [0, 0.05) is 44.5 Å². The monoisotopic (exact) mass is 428 g/mol. The number of methoxy groups -OCH3 is 1. The number of hydrogen-bond acceptors (Lipinski definition) is 5. The van der Waals surface area contributed by atoms with Gasteiger partial charge in [-0.2, -0.15) is 10.2 Å². The zero-order valence-corrected chi connectivity index (χ0v) is 19.4. The van der Waals surface area contributed by atoms with E-state index in [0.717, 1.165) is 29.2 Å². The van der Waals surface area contributed by atoms with Gasteiger partial charge in [0.25, 0.3) is 5.91 Å². The number of aryl methyl sites for hydroxylation is 2. The van der Waals surface area contributed by atoms with E-state index in [1.165, 1.54) is 45.2 Å². The first-order valence-electron chi connectivity index (χ1n) is 11.6. The summed E-state index contributed by atoms with van der Waals surface area (Å²) in [5, 5.41) is 11.9. The summed E-state index contributed by atoms with van der Waals surface area (Å²) in [5.41, 5.74) is 4.26. The van der Waals surface area contributed by atoms with Crippen molar-refractivity contribution in [3.8, 4) is 11.3 Å². The fourth-order valence-corrected chi connectivity index (χ4v) is 5.42. The summed E-state index contributed by atoms with van der Waals surface area (Å²) in [6, 6.07) is 2.48. The number of aromatic nitrogens is 4. The van der Waals surface area contributed by atoms with Crippen molar-refractivity contribution in [3.05, 3.63) is 23.1 Å². The highest BCUT2D eigenvalue weighted by atomic mass is 16.5. The molecule has 2 saturated heterocycles. The zero-order valence-electron chi connectivity index (χ0n) is 19.4. The number of rotatable bonds is 7. The molecule has 4 rings (SSSR count). The molecular weight excluding hydrogens is 392 g/mol. The van der Waals surface area contributed by atoms with Crippen LogP contribution in [0, 0.1) is 19.8 Å². The number of nitrogens with zero attached hydrogens (tertiary/aromatic N) is 5. The van der Waals surface area contributed by atoms with Crippen molar-refractivity contribution in [3.63, 3.8) is 0 Å². The highest BCUT2D eigenvalue weighted by Crippen LogP contribution is 2.32. The van der Waals surface area contributed by atoms with Crippen LogP contribution in [0.15, 0.2) is 6.07 Å². The van der Waals surface area contributed by atoms with Gasteiger partial charge in [0.1, 0.15) is 5.69 Å². The molecule has 2 fully saturated rings. The zero-order chi connectivity index (χ0) is 22.0. The average Bonchev–Trinajstić information content (AvgIpc) is 3.34. The smallest absolute Gasteiger partial charge is 0.271 e. The summed E-state index contributed by atoms with van der Waals surface area (Å²) in [6.07, 6.45) is 6.28. The lowest BCUT2D eigenvalue weighted by atomic mass is 9.83. The van der Waals surface area contributed by atoms with Crippen LogP contribution in [0.5, 0.6) is 0 Å². The third kappa shape index (κ3) is 4.55. The van der Waals surface area contributed by atoms with E-state index in [-0.39, 0.29) is 5.91 Å². The van der Waals surface area contributed by atoms with Gasteiger partial charge in [0.05, 0.1) is 18.0 Å². The number of aromatic amines is 1. The van der Waals surface area contributed by atoms with E-state index in [2.05, 4.69) is 20.2 Å². The number of amides is 1. The van der Waals surface area contributed by atoms with E-state index in [9.17, 15) is 4.79 Å². The van der Waals surface area contributed by atoms with Crippen LogP contribution in [0.25, 0.3) is 11.3 Å². The topological polar surface area (TPSA) is 79.3 Å². The molecule has 0 saturated carbocycles. The van der Waals surface area contributed by atoms with Crippen molar-refractivity contribution in [1.29, 1.82) is 0 Å².